The minimum absolute atomic E-state index is 0.348. The number of ether oxygens (including phenoxy) is 2. The van der Waals surface area contributed by atoms with Gasteiger partial charge < -0.3 is 19.7 Å². The molecule has 0 aromatic heterocycles. The largest absolute Gasteiger partial charge is 0.456 e. The monoisotopic (exact) mass is 494 g/mol. The first kappa shape index (κ1) is 21.3. The number of fused-ring (bicyclic) bond motifs is 6. The van der Waals surface area contributed by atoms with Crippen molar-refractivity contribution in [1.29, 1.82) is 0 Å². The van der Waals surface area contributed by atoms with Gasteiger partial charge >= 0.3 is 5.97 Å². The summed E-state index contributed by atoms with van der Waals surface area (Å²) in [6.07, 6.45) is 2.51. The standard InChI is InChI=1S/C30H23ClN2O3/c31-19-7-13-25-27(17-19)35-28-18-21(32-20-8-11-22(12-9-20)33-15-3-4-16-33)10-14-26(28)30(25)24-6-2-1-5-23(24)29(34)36-30/h1-2,5-14,17-18,32H,3-4,15-16H2. The minimum Gasteiger partial charge on any atom is -0.456 e. The Balaban J connectivity index is 1.29. The van der Waals surface area contributed by atoms with Crippen molar-refractivity contribution in [3.63, 3.8) is 0 Å². The molecule has 1 atom stereocenters. The smallest absolute Gasteiger partial charge is 0.340 e. The first-order valence-electron chi connectivity index (χ1n) is 12.2. The molecule has 1 saturated heterocycles. The lowest BCUT2D eigenvalue weighted by atomic mass is 9.77. The van der Waals surface area contributed by atoms with Gasteiger partial charge in [0.15, 0.2) is 5.60 Å². The normalized spacial score (nSPS) is 19.4. The van der Waals surface area contributed by atoms with Crippen LogP contribution in [-0.4, -0.2) is 19.1 Å². The maximum atomic E-state index is 13.0. The van der Waals surface area contributed by atoms with E-state index < -0.39 is 5.60 Å². The predicted molar refractivity (Wildman–Crippen MR) is 141 cm³/mol. The van der Waals surface area contributed by atoms with Crippen LogP contribution in [0.3, 0.4) is 0 Å². The second-order valence-corrected chi connectivity index (χ2v) is 9.87. The molecule has 7 rings (SSSR count). The summed E-state index contributed by atoms with van der Waals surface area (Å²) < 4.78 is 12.5. The molecule has 0 bridgehead atoms. The van der Waals surface area contributed by atoms with E-state index in [0.29, 0.717) is 22.1 Å². The highest BCUT2D eigenvalue weighted by Gasteiger charge is 2.53. The minimum atomic E-state index is -1.09. The summed E-state index contributed by atoms with van der Waals surface area (Å²) in [5, 5.41) is 4.03. The van der Waals surface area contributed by atoms with E-state index in [4.69, 9.17) is 21.1 Å². The number of halogens is 1. The van der Waals surface area contributed by atoms with Gasteiger partial charge in [0.2, 0.25) is 0 Å². The number of anilines is 3. The second-order valence-electron chi connectivity index (χ2n) is 9.44. The average molecular weight is 495 g/mol. The number of carbonyl (C=O) groups is 1. The van der Waals surface area contributed by atoms with Gasteiger partial charge in [-0.25, -0.2) is 4.79 Å². The van der Waals surface area contributed by atoms with Crippen molar-refractivity contribution >= 4 is 34.6 Å². The molecule has 0 saturated carbocycles. The molecule has 3 heterocycles. The molecular weight excluding hydrogens is 472 g/mol. The topological polar surface area (TPSA) is 50.8 Å². The Kier molecular flexibility index (Phi) is 4.76. The molecule has 1 fully saturated rings. The molecule has 1 unspecified atom stereocenters. The third-order valence-corrected chi connectivity index (χ3v) is 7.54. The number of carbonyl (C=O) groups excluding carboxylic acids is 1. The first-order valence-corrected chi connectivity index (χ1v) is 12.6. The van der Waals surface area contributed by atoms with Crippen LogP contribution in [0.1, 0.15) is 39.9 Å². The van der Waals surface area contributed by atoms with E-state index in [0.717, 1.165) is 41.2 Å². The van der Waals surface area contributed by atoms with Gasteiger partial charge in [0.1, 0.15) is 11.5 Å². The van der Waals surface area contributed by atoms with E-state index in [9.17, 15) is 4.79 Å². The number of rotatable bonds is 3. The second kappa shape index (κ2) is 8.04. The molecule has 1 N–H and O–H groups in total. The molecule has 4 aromatic carbocycles. The van der Waals surface area contributed by atoms with E-state index in [1.807, 2.05) is 42.5 Å². The molecule has 0 amide bonds. The van der Waals surface area contributed by atoms with Gasteiger partial charge in [0.25, 0.3) is 0 Å². The van der Waals surface area contributed by atoms with Crippen molar-refractivity contribution in [2.45, 2.75) is 18.4 Å². The van der Waals surface area contributed by atoms with Gasteiger partial charge in [-0.05, 0) is 73.5 Å². The number of hydrogen-bond donors (Lipinski definition) is 1. The Morgan fingerprint density at radius 1 is 0.778 bits per heavy atom. The first-order chi connectivity index (χ1) is 17.6. The number of esters is 1. The highest BCUT2D eigenvalue weighted by Crippen LogP contribution is 2.56. The number of nitrogens with zero attached hydrogens (tertiary/aromatic N) is 1. The van der Waals surface area contributed by atoms with Crippen LogP contribution in [0.25, 0.3) is 0 Å². The molecule has 3 aliphatic heterocycles. The summed E-state index contributed by atoms with van der Waals surface area (Å²) >= 11 is 6.32. The van der Waals surface area contributed by atoms with Gasteiger partial charge in [0, 0.05) is 57.9 Å². The number of nitrogens with one attached hydrogen (secondary N) is 1. The summed E-state index contributed by atoms with van der Waals surface area (Å²) in [5.74, 6) is 0.846. The zero-order valence-corrected chi connectivity index (χ0v) is 20.2. The summed E-state index contributed by atoms with van der Waals surface area (Å²) in [6, 6.07) is 27.4. The van der Waals surface area contributed by atoms with E-state index in [1.54, 1.807) is 18.2 Å². The van der Waals surface area contributed by atoms with Crippen LogP contribution in [0, 0.1) is 0 Å². The molecule has 6 heteroatoms. The summed E-state index contributed by atoms with van der Waals surface area (Å²) in [7, 11) is 0. The highest BCUT2D eigenvalue weighted by molar-refractivity contribution is 6.30. The predicted octanol–water partition coefficient (Wildman–Crippen LogP) is 7.25. The fourth-order valence-corrected chi connectivity index (χ4v) is 5.79. The lowest BCUT2D eigenvalue weighted by molar-refractivity contribution is 0.0224. The van der Waals surface area contributed by atoms with Crippen LogP contribution in [0.2, 0.25) is 5.02 Å². The van der Waals surface area contributed by atoms with Crippen molar-refractivity contribution in [3.05, 3.63) is 112 Å². The summed E-state index contributed by atoms with van der Waals surface area (Å²) in [4.78, 5) is 15.4. The lowest BCUT2D eigenvalue weighted by Gasteiger charge is -2.36. The maximum Gasteiger partial charge on any atom is 0.340 e. The fourth-order valence-electron chi connectivity index (χ4n) is 5.63. The number of hydrogen-bond acceptors (Lipinski definition) is 5. The molecule has 0 radical (unpaired) electrons. The Hall–Kier alpha value is -3.96. The molecule has 1 spiro atoms. The van der Waals surface area contributed by atoms with Gasteiger partial charge in [0.05, 0.1) is 5.56 Å². The van der Waals surface area contributed by atoms with Crippen LogP contribution in [0.15, 0.2) is 84.9 Å². The van der Waals surface area contributed by atoms with E-state index >= 15 is 0 Å². The van der Waals surface area contributed by atoms with Gasteiger partial charge in [-0.1, -0.05) is 29.8 Å². The van der Waals surface area contributed by atoms with Gasteiger partial charge in [-0.3, -0.25) is 0 Å². The molecule has 4 aromatic rings. The molecule has 36 heavy (non-hydrogen) atoms. The third kappa shape index (κ3) is 3.20. The summed E-state index contributed by atoms with van der Waals surface area (Å²) in [5.41, 5.74) is 4.95. The van der Waals surface area contributed by atoms with Crippen LogP contribution >= 0.6 is 11.6 Å². The third-order valence-electron chi connectivity index (χ3n) is 7.30. The van der Waals surface area contributed by atoms with Crippen molar-refractivity contribution in [2.75, 3.05) is 23.3 Å². The molecule has 3 aliphatic rings. The zero-order chi connectivity index (χ0) is 24.3. The van der Waals surface area contributed by atoms with Crippen molar-refractivity contribution in [2.24, 2.45) is 0 Å². The Bertz CT molecular complexity index is 1510. The van der Waals surface area contributed by atoms with Crippen molar-refractivity contribution < 1.29 is 14.3 Å². The maximum absolute atomic E-state index is 13.0. The van der Waals surface area contributed by atoms with E-state index in [1.165, 1.54) is 18.5 Å². The Morgan fingerprint density at radius 3 is 2.28 bits per heavy atom. The quantitative estimate of drug-likeness (QED) is 0.304. The summed E-state index contributed by atoms with van der Waals surface area (Å²) in [6.45, 7) is 2.24. The molecule has 5 nitrogen and oxygen atoms in total. The average Bonchev–Trinajstić information content (AvgIpc) is 3.53. The Labute approximate surface area is 214 Å². The van der Waals surface area contributed by atoms with Crippen molar-refractivity contribution in [3.8, 4) is 11.5 Å². The SMILES string of the molecule is O=C1OC2(c3ccc(Cl)cc3Oc3cc(Nc4ccc(N5CCCC5)cc4)ccc32)c2ccccc21. The van der Waals surface area contributed by atoms with Gasteiger partial charge in [-0.2, -0.15) is 0 Å². The van der Waals surface area contributed by atoms with E-state index in [2.05, 4.69) is 34.5 Å². The zero-order valence-electron chi connectivity index (χ0n) is 19.5. The Morgan fingerprint density at radius 2 is 1.47 bits per heavy atom. The molecule has 0 aliphatic carbocycles. The molecular formula is C30H23ClN2O3. The van der Waals surface area contributed by atoms with Crippen LogP contribution in [0.5, 0.6) is 11.5 Å². The van der Waals surface area contributed by atoms with Gasteiger partial charge in [-0.15, -0.1) is 0 Å². The molecule has 178 valence electrons. The van der Waals surface area contributed by atoms with Crippen LogP contribution in [-0.2, 0) is 10.3 Å². The fraction of sp³-hybridized carbons (Fsp3) is 0.167. The van der Waals surface area contributed by atoms with E-state index in [-0.39, 0.29) is 5.97 Å². The number of benzene rings is 4. The lowest BCUT2D eigenvalue weighted by Crippen LogP contribution is -2.33. The van der Waals surface area contributed by atoms with Crippen LogP contribution in [0.4, 0.5) is 17.1 Å². The highest BCUT2D eigenvalue weighted by atomic mass is 35.5. The van der Waals surface area contributed by atoms with Crippen molar-refractivity contribution in [1.82, 2.24) is 0 Å². The van der Waals surface area contributed by atoms with Crippen LogP contribution < -0.4 is 15.0 Å².